The summed E-state index contributed by atoms with van der Waals surface area (Å²) in [6.07, 6.45) is 5.42. The second kappa shape index (κ2) is 4.23. The van der Waals surface area contributed by atoms with Gasteiger partial charge in [0.1, 0.15) is 6.07 Å². The van der Waals surface area contributed by atoms with E-state index in [1.807, 2.05) is 12.1 Å². The van der Waals surface area contributed by atoms with Crippen LogP contribution < -0.4 is 5.32 Å². The van der Waals surface area contributed by atoms with Gasteiger partial charge in [-0.2, -0.15) is 5.26 Å². The summed E-state index contributed by atoms with van der Waals surface area (Å²) in [5.74, 6) is 1.70. The van der Waals surface area contributed by atoms with Gasteiger partial charge < -0.3 is 5.32 Å². The first-order valence-electron chi connectivity index (χ1n) is 6.24. The van der Waals surface area contributed by atoms with Gasteiger partial charge in [-0.05, 0) is 55.7 Å². The summed E-state index contributed by atoms with van der Waals surface area (Å²) in [7, 11) is 0. The van der Waals surface area contributed by atoms with Crippen molar-refractivity contribution in [2.45, 2.75) is 31.7 Å². The molecule has 2 aliphatic carbocycles. The monoisotopic (exact) mass is 246 g/mol. The van der Waals surface area contributed by atoms with E-state index in [-0.39, 0.29) is 0 Å². The molecular weight excluding hydrogens is 232 g/mol. The lowest BCUT2D eigenvalue weighted by molar-refractivity contribution is 0.568. The summed E-state index contributed by atoms with van der Waals surface area (Å²) in [6, 6.07) is 8.38. The molecular formula is C14H15ClN2. The molecule has 0 bridgehead atoms. The van der Waals surface area contributed by atoms with Crippen LogP contribution in [0.1, 0.15) is 31.2 Å². The molecule has 2 aliphatic rings. The highest BCUT2D eigenvalue weighted by Crippen LogP contribution is 2.45. The first-order chi connectivity index (χ1) is 8.28. The fraction of sp³-hybridized carbons (Fsp3) is 0.500. The fourth-order valence-corrected chi connectivity index (χ4v) is 2.58. The molecule has 0 atom stereocenters. The highest BCUT2D eigenvalue weighted by Gasteiger charge is 2.41. The third-order valence-electron chi connectivity index (χ3n) is 3.68. The Kier molecular flexibility index (Phi) is 2.72. The zero-order chi connectivity index (χ0) is 11.8. The van der Waals surface area contributed by atoms with Gasteiger partial charge in [0.15, 0.2) is 0 Å². The van der Waals surface area contributed by atoms with Gasteiger partial charge in [-0.25, -0.2) is 0 Å². The van der Waals surface area contributed by atoms with E-state index in [9.17, 15) is 0 Å². The number of hydrogen-bond acceptors (Lipinski definition) is 2. The number of anilines is 1. The van der Waals surface area contributed by atoms with Crippen LogP contribution in [0.2, 0.25) is 5.02 Å². The Labute approximate surface area is 107 Å². The van der Waals surface area contributed by atoms with Crippen molar-refractivity contribution >= 4 is 17.3 Å². The maximum Gasteiger partial charge on any atom is 0.101 e. The second-order valence-corrected chi connectivity index (χ2v) is 5.56. The van der Waals surface area contributed by atoms with Crippen LogP contribution in [0.4, 0.5) is 5.69 Å². The number of nitrogens with one attached hydrogen (secondary N) is 1. The highest BCUT2D eigenvalue weighted by atomic mass is 35.5. The van der Waals surface area contributed by atoms with E-state index in [0.29, 0.717) is 16.6 Å². The molecule has 2 nitrogen and oxygen atoms in total. The van der Waals surface area contributed by atoms with Crippen molar-refractivity contribution < 1.29 is 0 Å². The van der Waals surface area contributed by atoms with Crippen LogP contribution in [0, 0.1) is 23.2 Å². The van der Waals surface area contributed by atoms with Crippen molar-refractivity contribution in [2.24, 2.45) is 11.8 Å². The van der Waals surface area contributed by atoms with E-state index in [2.05, 4.69) is 11.4 Å². The number of hydrogen-bond donors (Lipinski definition) is 1. The van der Waals surface area contributed by atoms with Crippen molar-refractivity contribution in [3.05, 3.63) is 28.8 Å². The lowest BCUT2D eigenvalue weighted by Crippen LogP contribution is -2.24. The van der Waals surface area contributed by atoms with E-state index >= 15 is 0 Å². The molecule has 0 heterocycles. The van der Waals surface area contributed by atoms with Crippen LogP contribution in [-0.2, 0) is 0 Å². The molecule has 2 saturated carbocycles. The maximum absolute atomic E-state index is 8.96. The largest absolute Gasteiger partial charge is 0.382 e. The summed E-state index contributed by atoms with van der Waals surface area (Å²) in [4.78, 5) is 0. The summed E-state index contributed by atoms with van der Waals surface area (Å²) in [6.45, 7) is 0. The van der Waals surface area contributed by atoms with E-state index in [1.165, 1.54) is 25.7 Å². The molecule has 0 radical (unpaired) electrons. The number of benzene rings is 1. The Morgan fingerprint density at radius 3 is 2.41 bits per heavy atom. The average Bonchev–Trinajstić information content (AvgIpc) is 3.18. The van der Waals surface area contributed by atoms with Gasteiger partial charge in [-0.3, -0.25) is 0 Å². The standard InChI is InChI=1S/C14H15ClN2/c15-13-6-5-12(7-11(13)8-16)17-14(9-1-2-9)10-3-4-10/h5-7,9-10,14,17H,1-4H2. The number of nitriles is 1. The predicted molar refractivity (Wildman–Crippen MR) is 69.0 cm³/mol. The third-order valence-corrected chi connectivity index (χ3v) is 4.01. The van der Waals surface area contributed by atoms with Gasteiger partial charge >= 0.3 is 0 Å². The van der Waals surface area contributed by atoms with Gasteiger partial charge in [0.25, 0.3) is 0 Å². The van der Waals surface area contributed by atoms with E-state index < -0.39 is 0 Å². The zero-order valence-electron chi connectivity index (χ0n) is 9.62. The molecule has 1 N–H and O–H groups in total. The van der Waals surface area contributed by atoms with Crippen molar-refractivity contribution in [3.8, 4) is 6.07 Å². The summed E-state index contributed by atoms with van der Waals surface area (Å²) < 4.78 is 0. The minimum atomic E-state index is 0.535. The minimum absolute atomic E-state index is 0.535. The lowest BCUT2D eigenvalue weighted by Gasteiger charge is -2.19. The number of nitrogens with zero attached hydrogens (tertiary/aromatic N) is 1. The Morgan fingerprint density at radius 1 is 1.24 bits per heavy atom. The van der Waals surface area contributed by atoms with Crippen molar-refractivity contribution in [3.63, 3.8) is 0 Å². The minimum Gasteiger partial charge on any atom is -0.382 e. The van der Waals surface area contributed by atoms with Crippen LogP contribution in [0.5, 0.6) is 0 Å². The lowest BCUT2D eigenvalue weighted by atomic mass is 10.1. The fourth-order valence-electron chi connectivity index (χ4n) is 2.42. The summed E-state index contributed by atoms with van der Waals surface area (Å²) in [5, 5.41) is 13.1. The summed E-state index contributed by atoms with van der Waals surface area (Å²) >= 11 is 5.93. The summed E-state index contributed by atoms with van der Waals surface area (Å²) in [5.41, 5.74) is 1.59. The van der Waals surface area contributed by atoms with Crippen LogP contribution >= 0.6 is 11.6 Å². The first-order valence-corrected chi connectivity index (χ1v) is 6.62. The Bertz CT molecular complexity index is 458. The Morgan fingerprint density at radius 2 is 1.88 bits per heavy atom. The Hall–Kier alpha value is -1.20. The van der Waals surface area contributed by atoms with E-state index in [0.717, 1.165) is 17.5 Å². The predicted octanol–water partition coefficient (Wildman–Crippen LogP) is 3.81. The van der Waals surface area contributed by atoms with Crippen LogP contribution in [0.25, 0.3) is 0 Å². The topological polar surface area (TPSA) is 35.8 Å². The molecule has 2 fully saturated rings. The molecule has 0 saturated heterocycles. The van der Waals surface area contributed by atoms with Gasteiger partial charge in [-0.15, -0.1) is 0 Å². The zero-order valence-corrected chi connectivity index (χ0v) is 10.4. The molecule has 1 aromatic rings. The average molecular weight is 247 g/mol. The molecule has 0 unspecified atom stereocenters. The number of halogens is 1. The van der Waals surface area contributed by atoms with Crippen LogP contribution in [0.15, 0.2) is 18.2 Å². The molecule has 3 rings (SSSR count). The number of rotatable bonds is 4. The van der Waals surface area contributed by atoms with Crippen molar-refractivity contribution in [1.29, 1.82) is 5.26 Å². The highest BCUT2D eigenvalue weighted by molar-refractivity contribution is 6.31. The Balaban J connectivity index is 1.77. The molecule has 17 heavy (non-hydrogen) atoms. The molecule has 3 heteroatoms. The molecule has 0 amide bonds. The van der Waals surface area contributed by atoms with Crippen molar-refractivity contribution in [1.82, 2.24) is 0 Å². The van der Waals surface area contributed by atoms with Crippen LogP contribution in [0.3, 0.4) is 0 Å². The molecule has 1 aromatic carbocycles. The normalized spacial score (nSPS) is 19.1. The quantitative estimate of drug-likeness (QED) is 0.877. The van der Waals surface area contributed by atoms with E-state index in [4.69, 9.17) is 16.9 Å². The first kappa shape index (κ1) is 10.9. The van der Waals surface area contributed by atoms with Gasteiger partial charge in [0.05, 0.1) is 10.6 Å². The molecule has 0 aromatic heterocycles. The van der Waals surface area contributed by atoms with E-state index in [1.54, 1.807) is 6.07 Å². The second-order valence-electron chi connectivity index (χ2n) is 5.15. The van der Waals surface area contributed by atoms with Gasteiger partial charge in [-0.1, -0.05) is 11.6 Å². The van der Waals surface area contributed by atoms with Gasteiger partial charge in [0.2, 0.25) is 0 Å². The van der Waals surface area contributed by atoms with Gasteiger partial charge in [0, 0.05) is 11.7 Å². The van der Waals surface area contributed by atoms with Crippen LogP contribution in [-0.4, -0.2) is 6.04 Å². The maximum atomic E-state index is 8.96. The third kappa shape index (κ3) is 2.40. The smallest absolute Gasteiger partial charge is 0.101 e. The SMILES string of the molecule is N#Cc1cc(NC(C2CC2)C2CC2)ccc1Cl. The molecule has 88 valence electrons. The molecule has 0 aliphatic heterocycles. The van der Waals surface area contributed by atoms with Crippen molar-refractivity contribution in [2.75, 3.05) is 5.32 Å². The molecule has 0 spiro atoms.